The molecule has 1 aromatic carbocycles. The van der Waals surface area contributed by atoms with Gasteiger partial charge in [0.15, 0.2) is 0 Å². The van der Waals surface area contributed by atoms with E-state index in [1.807, 2.05) is 0 Å². The summed E-state index contributed by atoms with van der Waals surface area (Å²) < 4.78 is 26.8. The van der Waals surface area contributed by atoms with E-state index in [2.05, 4.69) is 17.1 Å². The molecule has 0 saturated heterocycles. The number of nitrogens with zero attached hydrogens (tertiary/aromatic N) is 1. The maximum atomic E-state index is 12.2. The van der Waals surface area contributed by atoms with Crippen LogP contribution in [0, 0.1) is 22.0 Å². The van der Waals surface area contributed by atoms with Crippen LogP contribution < -0.4 is 16.0 Å². The van der Waals surface area contributed by atoms with E-state index in [-0.39, 0.29) is 16.3 Å². The summed E-state index contributed by atoms with van der Waals surface area (Å²) in [6.45, 7) is 2.42. The first kappa shape index (κ1) is 14.7. The Hall–Kier alpha value is -1.71. The van der Waals surface area contributed by atoms with Gasteiger partial charge in [-0.15, -0.1) is 0 Å². The average molecular weight is 300 g/mol. The van der Waals surface area contributed by atoms with Gasteiger partial charge < -0.3 is 5.43 Å². The van der Waals surface area contributed by atoms with Crippen LogP contribution in [0.2, 0.25) is 0 Å². The van der Waals surface area contributed by atoms with Crippen molar-refractivity contribution in [1.29, 1.82) is 0 Å². The molecule has 2 atom stereocenters. The lowest BCUT2D eigenvalue weighted by Crippen LogP contribution is -2.27. The number of non-ortho nitro benzene ring substituents is 1. The number of nitro groups is 1. The number of nitro benzene ring substituents is 1. The second-order valence-corrected chi connectivity index (χ2v) is 6.64. The van der Waals surface area contributed by atoms with Crippen LogP contribution in [0.15, 0.2) is 23.1 Å². The number of nitrogen functional groups attached to an aromatic ring is 1. The molecular weight excluding hydrogens is 284 g/mol. The van der Waals surface area contributed by atoms with E-state index < -0.39 is 14.9 Å². The molecule has 1 aliphatic carbocycles. The predicted octanol–water partition coefficient (Wildman–Crippen LogP) is 0.815. The van der Waals surface area contributed by atoms with Crippen molar-refractivity contribution in [1.82, 2.24) is 4.72 Å². The summed E-state index contributed by atoms with van der Waals surface area (Å²) in [6, 6.07) is 3.40. The monoisotopic (exact) mass is 300 g/mol. The van der Waals surface area contributed by atoms with E-state index in [1.165, 1.54) is 6.07 Å². The van der Waals surface area contributed by atoms with Crippen molar-refractivity contribution in [2.75, 3.05) is 12.0 Å². The Bertz CT molecular complexity index is 631. The van der Waals surface area contributed by atoms with Gasteiger partial charge in [0.05, 0.1) is 10.6 Å². The molecule has 0 spiro atoms. The van der Waals surface area contributed by atoms with E-state index in [0.29, 0.717) is 18.4 Å². The molecule has 0 bridgehead atoms. The fourth-order valence-corrected chi connectivity index (χ4v) is 3.20. The van der Waals surface area contributed by atoms with Crippen molar-refractivity contribution in [3.63, 3.8) is 0 Å². The van der Waals surface area contributed by atoms with E-state index in [0.717, 1.165) is 18.6 Å². The molecule has 110 valence electrons. The number of sulfonamides is 1. The summed E-state index contributed by atoms with van der Waals surface area (Å²) in [6.07, 6.45) is 1.00. The normalized spacial score (nSPS) is 21.5. The zero-order valence-electron chi connectivity index (χ0n) is 10.9. The summed E-state index contributed by atoms with van der Waals surface area (Å²) in [4.78, 5) is 9.95. The first-order chi connectivity index (χ1) is 9.35. The summed E-state index contributed by atoms with van der Waals surface area (Å²) >= 11 is 0. The van der Waals surface area contributed by atoms with Crippen LogP contribution in [-0.4, -0.2) is 19.9 Å². The lowest BCUT2D eigenvalue weighted by atomic mass is 10.3. The van der Waals surface area contributed by atoms with Crippen molar-refractivity contribution in [3.05, 3.63) is 28.3 Å². The standard InChI is InChI=1S/C11H16N4O4S/c1-7-4-8(7)6-13-20(18,19)11-3-2-9(15(16)17)5-10(11)14-12/h2-3,5,7-8,13-14H,4,6,12H2,1H3. The van der Waals surface area contributed by atoms with Gasteiger partial charge in [0.2, 0.25) is 10.0 Å². The Kier molecular flexibility index (Phi) is 3.93. The third-order valence-electron chi connectivity index (χ3n) is 3.43. The number of hydrazine groups is 1. The van der Waals surface area contributed by atoms with Crippen molar-refractivity contribution in [2.24, 2.45) is 17.7 Å². The number of hydrogen-bond acceptors (Lipinski definition) is 6. The first-order valence-corrected chi connectivity index (χ1v) is 7.58. The van der Waals surface area contributed by atoms with Crippen molar-refractivity contribution in [2.45, 2.75) is 18.2 Å². The minimum Gasteiger partial charge on any atom is -0.323 e. The Morgan fingerprint density at radius 2 is 2.15 bits per heavy atom. The van der Waals surface area contributed by atoms with Crippen LogP contribution in [0.4, 0.5) is 11.4 Å². The second kappa shape index (κ2) is 5.35. The molecule has 0 aromatic heterocycles. The molecule has 8 nitrogen and oxygen atoms in total. The number of anilines is 1. The molecule has 2 unspecified atom stereocenters. The summed E-state index contributed by atoms with van der Waals surface area (Å²) in [5.74, 6) is 6.13. The minimum atomic E-state index is -3.74. The first-order valence-electron chi connectivity index (χ1n) is 6.10. The van der Waals surface area contributed by atoms with Gasteiger partial charge in [-0.2, -0.15) is 0 Å². The molecule has 20 heavy (non-hydrogen) atoms. The highest BCUT2D eigenvalue weighted by Gasteiger charge is 2.33. The maximum Gasteiger partial charge on any atom is 0.271 e. The summed E-state index contributed by atoms with van der Waals surface area (Å²) in [5, 5.41) is 10.7. The van der Waals surface area contributed by atoms with Crippen molar-refractivity contribution in [3.8, 4) is 0 Å². The summed E-state index contributed by atoms with van der Waals surface area (Å²) in [7, 11) is -3.74. The molecule has 1 aliphatic rings. The Labute approximate surface area is 116 Å². The number of benzene rings is 1. The molecule has 0 aliphatic heterocycles. The lowest BCUT2D eigenvalue weighted by molar-refractivity contribution is -0.384. The zero-order chi connectivity index (χ0) is 14.9. The predicted molar refractivity (Wildman–Crippen MR) is 73.4 cm³/mol. The van der Waals surface area contributed by atoms with Gasteiger partial charge in [-0.3, -0.25) is 16.0 Å². The van der Waals surface area contributed by atoms with Crippen LogP contribution in [0.5, 0.6) is 0 Å². The molecule has 0 amide bonds. The van der Waals surface area contributed by atoms with Gasteiger partial charge in [-0.05, 0) is 24.3 Å². The van der Waals surface area contributed by atoms with Crippen molar-refractivity contribution >= 4 is 21.4 Å². The summed E-state index contributed by atoms with van der Waals surface area (Å²) in [5.41, 5.74) is 1.95. The Balaban J connectivity index is 2.23. The third-order valence-corrected chi connectivity index (χ3v) is 4.91. The van der Waals surface area contributed by atoms with E-state index in [9.17, 15) is 18.5 Å². The molecule has 1 saturated carbocycles. The van der Waals surface area contributed by atoms with E-state index >= 15 is 0 Å². The zero-order valence-corrected chi connectivity index (χ0v) is 11.7. The second-order valence-electron chi connectivity index (χ2n) is 4.91. The molecule has 0 radical (unpaired) electrons. The fraction of sp³-hybridized carbons (Fsp3) is 0.455. The molecule has 2 rings (SSSR count). The number of nitrogens with two attached hydrogens (primary N) is 1. The van der Waals surface area contributed by atoms with Crippen LogP contribution in [0.3, 0.4) is 0 Å². The van der Waals surface area contributed by atoms with Gasteiger partial charge in [-0.1, -0.05) is 6.92 Å². The highest BCUT2D eigenvalue weighted by Crippen LogP contribution is 2.37. The average Bonchev–Trinajstić information content (AvgIpc) is 3.11. The Morgan fingerprint density at radius 3 is 2.65 bits per heavy atom. The largest absolute Gasteiger partial charge is 0.323 e. The molecule has 9 heteroatoms. The Morgan fingerprint density at radius 1 is 1.50 bits per heavy atom. The highest BCUT2D eigenvalue weighted by molar-refractivity contribution is 7.89. The van der Waals surface area contributed by atoms with Gasteiger partial charge in [0.1, 0.15) is 4.90 Å². The maximum absolute atomic E-state index is 12.2. The molecular formula is C11H16N4O4S. The van der Waals surface area contributed by atoms with Gasteiger partial charge in [0, 0.05) is 18.7 Å². The van der Waals surface area contributed by atoms with Crippen LogP contribution in [-0.2, 0) is 10.0 Å². The molecule has 1 fully saturated rings. The van der Waals surface area contributed by atoms with Crippen LogP contribution in [0.1, 0.15) is 13.3 Å². The third kappa shape index (κ3) is 3.06. The SMILES string of the molecule is CC1CC1CNS(=O)(=O)c1ccc([N+](=O)[O-])cc1NN. The van der Waals surface area contributed by atoms with Gasteiger partial charge in [-0.25, -0.2) is 13.1 Å². The fourth-order valence-electron chi connectivity index (χ4n) is 1.96. The number of nitrogens with one attached hydrogen (secondary N) is 2. The molecule has 4 N–H and O–H groups in total. The van der Waals surface area contributed by atoms with E-state index in [1.54, 1.807) is 0 Å². The van der Waals surface area contributed by atoms with Gasteiger partial charge in [0.25, 0.3) is 5.69 Å². The van der Waals surface area contributed by atoms with Crippen LogP contribution in [0.25, 0.3) is 0 Å². The van der Waals surface area contributed by atoms with Crippen LogP contribution >= 0.6 is 0 Å². The lowest BCUT2D eigenvalue weighted by Gasteiger charge is -2.10. The number of hydrogen-bond donors (Lipinski definition) is 3. The highest BCUT2D eigenvalue weighted by atomic mass is 32.2. The minimum absolute atomic E-state index is 0.00412. The van der Waals surface area contributed by atoms with Crippen molar-refractivity contribution < 1.29 is 13.3 Å². The molecule has 0 heterocycles. The number of rotatable bonds is 6. The van der Waals surface area contributed by atoms with E-state index in [4.69, 9.17) is 5.84 Å². The molecule has 1 aromatic rings. The quantitative estimate of drug-likeness (QED) is 0.405. The van der Waals surface area contributed by atoms with Gasteiger partial charge >= 0.3 is 0 Å². The topological polar surface area (TPSA) is 127 Å². The smallest absolute Gasteiger partial charge is 0.271 e.